The fourth-order valence-electron chi connectivity index (χ4n) is 0.710. The van der Waals surface area contributed by atoms with Crippen molar-refractivity contribution >= 4 is 10.8 Å². The number of nitrogens with one attached hydrogen (secondary N) is 1. The molecule has 0 rings (SSSR count). The molecular weight excluding hydrogens is 158 g/mol. The van der Waals surface area contributed by atoms with Crippen LogP contribution >= 0.6 is 0 Å². The smallest absolute Gasteiger partial charge is 0.0362 e. The first kappa shape index (κ1) is 11.1. The van der Waals surface area contributed by atoms with Crippen molar-refractivity contribution in [2.24, 2.45) is 0 Å². The lowest BCUT2D eigenvalue weighted by Gasteiger charge is -2.05. The van der Waals surface area contributed by atoms with Crippen molar-refractivity contribution in [2.45, 2.75) is 32.4 Å². The minimum absolute atomic E-state index is 0.304. The van der Waals surface area contributed by atoms with Gasteiger partial charge < -0.3 is 5.32 Å². The molecule has 0 radical (unpaired) electrons. The third-order valence-corrected chi connectivity index (χ3v) is 3.09. The van der Waals surface area contributed by atoms with Gasteiger partial charge >= 0.3 is 0 Å². The lowest BCUT2D eigenvalue weighted by atomic mass is 10.5. The molecule has 0 amide bonds. The van der Waals surface area contributed by atoms with Crippen molar-refractivity contribution in [3.63, 3.8) is 0 Å². The van der Waals surface area contributed by atoms with Crippen LogP contribution in [0.1, 0.15) is 27.2 Å². The molecule has 0 aromatic rings. The largest absolute Gasteiger partial charge is 0.316 e. The van der Waals surface area contributed by atoms with Crippen LogP contribution < -0.4 is 5.32 Å². The SMILES string of the molecule is CCCNCCS(=O)C(C)C. The van der Waals surface area contributed by atoms with Crippen LogP contribution in [0.2, 0.25) is 0 Å². The molecule has 0 saturated carbocycles. The summed E-state index contributed by atoms with van der Waals surface area (Å²) in [6.07, 6.45) is 1.15. The molecule has 68 valence electrons. The van der Waals surface area contributed by atoms with Crippen molar-refractivity contribution in [1.82, 2.24) is 5.32 Å². The lowest BCUT2D eigenvalue weighted by molar-refractivity contribution is 0.664. The van der Waals surface area contributed by atoms with E-state index in [4.69, 9.17) is 0 Å². The van der Waals surface area contributed by atoms with E-state index in [2.05, 4.69) is 12.2 Å². The molecule has 1 atom stereocenters. The molecule has 1 N–H and O–H groups in total. The van der Waals surface area contributed by atoms with Crippen LogP contribution in [0.25, 0.3) is 0 Å². The highest BCUT2D eigenvalue weighted by atomic mass is 32.2. The Morgan fingerprint density at radius 1 is 1.36 bits per heavy atom. The Kier molecular flexibility index (Phi) is 6.87. The Hall–Kier alpha value is 0.110. The second kappa shape index (κ2) is 6.80. The van der Waals surface area contributed by atoms with Gasteiger partial charge in [0.2, 0.25) is 0 Å². The molecule has 0 fully saturated rings. The van der Waals surface area contributed by atoms with Gasteiger partial charge in [0.1, 0.15) is 0 Å². The highest BCUT2D eigenvalue weighted by molar-refractivity contribution is 7.85. The fourth-order valence-corrected chi connectivity index (χ4v) is 1.53. The maximum atomic E-state index is 11.2. The summed E-state index contributed by atoms with van der Waals surface area (Å²) in [5.74, 6) is 0.789. The normalized spacial score (nSPS) is 13.8. The Bertz CT molecular complexity index is 115. The minimum atomic E-state index is -0.638. The summed E-state index contributed by atoms with van der Waals surface area (Å²) in [7, 11) is -0.638. The van der Waals surface area contributed by atoms with E-state index in [-0.39, 0.29) is 0 Å². The zero-order valence-corrected chi connectivity index (χ0v) is 8.54. The first-order valence-electron chi connectivity index (χ1n) is 4.26. The Balaban J connectivity index is 3.18. The molecular formula is C8H19NOS. The quantitative estimate of drug-likeness (QED) is 0.617. The predicted molar refractivity (Wildman–Crippen MR) is 51.3 cm³/mol. The highest BCUT2D eigenvalue weighted by Gasteiger charge is 2.02. The molecule has 0 saturated heterocycles. The zero-order valence-electron chi connectivity index (χ0n) is 7.72. The molecule has 3 heteroatoms. The van der Waals surface area contributed by atoms with E-state index in [9.17, 15) is 4.21 Å². The maximum absolute atomic E-state index is 11.2. The summed E-state index contributed by atoms with van der Waals surface area (Å²) in [6, 6.07) is 0. The van der Waals surface area contributed by atoms with E-state index in [0.29, 0.717) is 5.25 Å². The van der Waals surface area contributed by atoms with E-state index in [0.717, 1.165) is 25.3 Å². The first-order valence-corrected chi connectivity index (χ1v) is 5.64. The molecule has 0 aromatic heterocycles. The Labute approximate surface area is 72.2 Å². The van der Waals surface area contributed by atoms with Gasteiger partial charge in [0.25, 0.3) is 0 Å². The topological polar surface area (TPSA) is 29.1 Å². The molecule has 0 aliphatic heterocycles. The van der Waals surface area contributed by atoms with Gasteiger partial charge in [0.05, 0.1) is 0 Å². The molecule has 2 nitrogen and oxygen atoms in total. The highest BCUT2D eigenvalue weighted by Crippen LogP contribution is 1.92. The fraction of sp³-hybridized carbons (Fsp3) is 1.00. The Morgan fingerprint density at radius 2 is 2.00 bits per heavy atom. The second-order valence-corrected chi connectivity index (χ2v) is 5.00. The summed E-state index contributed by atoms with van der Waals surface area (Å²) >= 11 is 0. The van der Waals surface area contributed by atoms with Gasteiger partial charge in [-0.15, -0.1) is 0 Å². The van der Waals surface area contributed by atoms with E-state index in [1.165, 1.54) is 0 Å². The number of hydrogen-bond donors (Lipinski definition) is 1. The zero-order chi connectivity index (χ0) is 8.69. The van der Waals surface area contributed by atoms with E-state index >= 15 is 0 Å². The standard InChI is InChI=1S/C8H19NOS/c1-4-5-9-6-7-11(10)8(2)3/h8-9H,4-7H2,1-3H3. The second-order valence-electron chi connectivity index (χ2n) is 2.88. The van der Waals surface area contributed by atoms with Gasteiger partial charge in [0.15, 0.2) is 0 Å². The van der Waals surface area contributed by atoms with E-state index in [1.54, 1.807) is 0 Å². The lowest BCUT2D eigenvalue weighted by Crippen LogP contribution is -2.23. The van der Waals surface area contributed by atoms with Crippen LogP contribution in [0.4, 0.5) is 0 Å². The monoisotopic (exact) mass is 177 g/mol. The minimum Gasteiger partial charge on any atom is -0.316 e. The molecule has 0 bridgehead atoms. The summed E-state index contributed by atoms with van der Waals surface area (Å²) in [5, 5.41) is 3.53. The third-order valence-electron chi connectivity index (χ3n) is 1.43. The van der Waals surface area contributed by atoms with E-state index < -0.39 is 10.8 Å². The van der Waals surface area contributed by atoms with Gasteiger partial charge in [-0.25, -0.2) is 0 Å². The van der Waals surface area contributed by atoms with Crippen LogP contribution in [0.5, 0.6) is 0 Å². The number of hydrogen-bond acceptors (Lipinski definition) is 2. The molecule has 0 aromatic carbocycles. The molecule has 0 spiro atoms. The third kappa shape index (κ3) is 6.51. The van der Waals surface area contributed by atoms with Crippen molar-refractivity contribution in [3.8, 4) is 0 Å². The maximum Gasteiger partial charge on any atom is 0.0362 e. The van der Waals surface area contributed by atoms with Gasteiger partial charge in [-0.2, -0.15) is 0 Å². The summed E-state index contributed by atoms with van der Waals surface area (Å²) in [6.45, 7) is 8.05. The first-order chi connectivity index (χ1) is 5.18. The van der Waals surface area contributed by atoms with Gasteiger partial charge in [-0.1, -0.05) is 20.8 Å². The van der Waals surface area contributed by atoms with Crippen molar-refractivity contribution < 1.29 is 4.21 Å². The average molecular weight is 177 g/mol. The summed E-state index contributed by atoms with van der Waals surface area (Å²) < 4.78 is 11.2. The molecule has 11 heavy (non-hydrogen) atoms. The van der Waals surface area contributed by atoms with Crippen molar-refractivity contribution in [2.75, 3.05) is 18.8 Å². The van der Waals surface area contributed by atoms with Gasteiger partial charge in [-0.05, 0) is 13.0 Å². The van der Waals surface area contributed by atoms with Gasteiger partial charge in [0, 0.05) is 28.3 Å². The summed E-state index contributed by atoms with van der Waals surface area (Å²) in [5.41, 5.74) is 0. The molecule has 0 heterocycles. The van der Waals surface area contributed by atoms with Crippen LogP contribution in [-0.4, -0.2) is 28.3 Å². The van der Waals surface area contributed by atoms with Crippen LogP contribution in [-0.2, 0) is 10.8 Å². The Morgan fingerprint density at radius 3 is 2.45 bits per heavy atom. The van der Waals surface area contributed by atoms with Crippen LogP contribution in [0, 0.1) is 0 Å². The van der Waals surface area contributed by atoms with Crippen LogP contribution in [0.3, 0.4) is 0 Å². The van der Waals surface area contributed by atoms with Gasteiger partial charge in [-0.3, -0.25) is 4.21 Å². The van der Waals surface area contributed by atoms with Crippen LogP contribution in [0.15, 0.2) is 0 Å². The number of rotatable bonds is 6. The predicted octanol–water partition coefficient (Wildman–Crippen LogP) is 1.14. The van der Waals surface area contributed by atoms with Crippen molar-refractivity contribution in [3.05, 3.63) is 0 Å². The molecule has 0 aliphatic carbocycles. The van der Waals surface area contributed by atoms with Crippen molar-refractivity contribution in [1.29, 1.82) is 0 Å². The average Bonchev–Trinajstić information content (AvgIpc) is 1.97. The molecule has 1 unspecified atom stereocenters. The van der Waals surface area contributed by atoms with E-state index in [1.807, 2.05) is 13.8 Å². The molecule has 0 aliphatic rings. The summed E-state index contributed by atoms with van der Waals surface area (Å²) in [4.78, 5) is 0.